The Balaban J connectivity index is 0.00000400. The molecule has 1 aromatic rings. The van der Waals surface area contributed by atoms with Crippen LogP contribution >= 0.6 is 12.4 Å². The molecule has 3 N–H and O–H groups in total. The average molecular weight is 321 g/mol. The summed E-state index contributed by atoms with van der Waals surface area (Å²) in [4.78, 5) is 12.1. The molecule has 0 aliphatic heterocycles. The van der Waals surface area contributed by atoms with Gasteiger partial charge in [-0.25, -0.2) is 8.78 Å². The number of nitrogens with two attached hydrogens (primary N) is 1. The van der Waals surface area contributed by atoms with E-state index in [4.69, 9.17) is 5.73 Å². The van der Waals surface area contributed by atoms with Crippen LogP contribution in [0.4, 0.5) is 8.78 Å². The van der Waals surface area contributed by atoms with Crippen molar-refractivity contribution in [1.29, 1.82) is 0 Å². The van der Waals surface area contributed by atoms with Gasteiger partial charge in [0.2, 0.25) is 5.91 Å². The second kappa shape index (κ2) is 8.95. The van der Waals surface area contributed by atoms with E-state index in [2.05, 4.69) is 5.32 Å². The Hall–Kier alpha value is -1.20. The summed E-state index contributed by atoms with van der Waals surface area (Å²) in [7, 11) is 0. The highest BCUT2D eigenvalue weighted by atomic mass is 35.5. The predicted octanol–water partition coefficient (Wildman–Crippen LogP) is 2.81. The maximum Gasteiger partial charge on any atom is 0.227 e. The molecule has 0 aromatic heterocycles. The van der Waals surface area contributed by atoms with Gasteiger partial charge in [0, 0.05) is 13.1 Å². The van der Waals surface area contributed by atoms with Crippen LogP contribution in [0.3, 0.4) is 0 Å². The summed E-state index contributed by atoms with van der Waals surface area (Å²) in [5, 5.41) is 2.76. The quantitative estimate of drug-likeness (QED) is 0.811. The van der Waals surface area contributed by atoms with Gasteiger partial charge in [-0.1, -0.05) is 26.0 Å². The molecule has 1 rings (SSSR count). The summed E-state index contributed by atoms with van der Waals surface area (Å²) >= 11 is 0. The molecule has 1 amide bonds. The first-order valence-electron chi connectivity index (χ1n) is 6.92. The first-order valence-corrected chi connectivity index (χ1v) is 6.92. The minimum absolute atomic E-state index is 0. The molecule has 0 spiro atoms. The van der Waals surface area contributed by atoms with Crippen LogP contribution in [0.25, 0.3) is 0 Å². The number of benzene rings is 1. The maximum absolute atomic E-state index is 13.5. The number of nitrogens with one attached hydrogen (secondary N) is 1. The highest BCUT2D eigenvalue weighted by Gasteiger charge is 2.32. The average Bonchev–Trinajstić information content (AvgIpc) is 2.46. The number of carbonyl (C=O) groups is 1. The van der Waals surface area contributed by atoms with Crippen molar-refractivity contribution in [3.63, 3.8) is 0 Å². The Morgan fingerprint density at radius 2 is 1.90 bits per heavy atom. The van der Waals surface area contributed by atoms with E-state index in [0.717, 1.165) is 6.07 Å². The maximum atomic E-state index is 13.5. The van der Waals surface area contributed by atoms with E-state index in [1.807, 2.05) is 13.8 Å². The molecule has 1 aromatic carbocycles. The predicted molar refractivity (Wildman–Crippen MR) is 82.4 cm³/mol. The van der Waals surface area contributed by atoms with Crippen LogP contribution in [0.1, 0.15) is 32.3 Å². The van der Waals surface area contributed by atoms with Crippen LogP contribution in [0.15, 0.2) is 18.2 Å². The van der Waals surface area contributed by atoms with Gasteiger partial charge in [0.25, 0.3) is 0 Å². The molecule has 21 heavy (non-hydrogen) atoms. The molecule has 0 saturated carbocycles. The minimum Gasteiger partial charge on any atom is -0.355 e. The lowest BCUT2D eigenvalue weighted by Crippen LogP contribution is -2.45. The molecular formula is C15H23ClF2N2O. The van der Waals surface area contributed by atoms with E-state index in [1.54, 1.807) is 0 Å². The van der Waals surface area contributed by atoms with Crippen molar-refractivity contribution >= 4 is 18.3 Å². The lowest BCUT2D eigenvalue weighted by atomic mass is 9.81. The van der Waals surface area contributed by atoms with Gasteiger partial charge in [-0.05, 0) is 30.9 Å². The molecule has 6 heteroatoms. The molecule has 0 fully saturated rings. The summed E-state index contributed by atoms with van der Waals surface area (Å²) < 4.78 is 26.5. The van der Waals surface area contributed by atoms with Gasteiger partial charge in [-0.15, -0.1) is 12.4 Å². The SMILES string of the molecule is CCC(CC)(CN)C(=O)NCCc1cccc(F)c1F.Cl. The Kier molecular flexibility index (Phi) is 8.44. The lowest BCUT2D eigenvalue weighted by Gasteiger charge is -2.28. The summed E-state index contributed by atoms with van der Waals surface area (Å²) in [5.74, 6) is -1.84. The molecule has 0 heterocycles. The fourth-order valence-electron chi connectivity index (χ4n) is 2.19. The lowest BCUT2D eigenvalue weighted by molar-refractivity contribution is -0.131. The first-order chi connectivity index (χ1) is 9.50. The van der Waals surface area contributed by atoms with Crippen molar-refractivity contribution in [2.75, 3.05) is 13.1 Å². The van der Waals surface area contributed by atoms with Crippen LogP contribution in [-0.2, 0) is 11.2 Å². The van der Waals surface area contributed by atoms with Gasteiger partial charge >= 0.3 is 0 Å². The highest BCUT2D eigenvalue weighted by Crippen LogP contribution is 2.24. The third kappa shape index (κ3) is 4.64. The van der Waals surface area contributed by atoms with Gasteiger partial charge in [0.1, 0.15) is 0 Å². The fourth-order valence-corrected chi connectivity index (χ4v) is 2.19. The summed E-state index contributed by atoms with van der Waals surface area (Å²) in [6.07, 6.45) is 1.56. The molecule has 0 bridgehead atoms. The number of carbonyl (C=O) groups excluding carboxylic acids is 1. The third-order valence-corrected chi connectivity index (χ3v) is 3.94. The van der Waals surface area contributed by atoms with E-state index < -0.39 is 17.0 Å². The zero-order chi connectivity index (χ0) is 15.2. The number of amides is 1. The van der Waals surface area contributed by atoms with Gasteiger partial charge in [-0.2, -0.15) is 0 Å². The number of hydrogen-bond acceptors (Lipinski definition) is 2. The second-order valence-corrected chi connectivity index (χ2v) is 4.91. The highest BCUT2D eigenvalue weighted by molar-refractivity contribution is 5.85. The van der Waals surface area contributed by atoms with Crippen molar-refractivity contribution in [2.24, 2.45) is 11.1 Å². The Bertz CT molecular complexity index is 457. The van der Waals surface area contributed by atoms with Crippen LogP contribution in [-0.4, -0.2) is 19.0 Å². The smallest absolute Gasteiger partial charge is 0.227 e. The second-order valence-electron chi connectivity index (χ2n) is 4.91. The summed E-state index contributed by atoms with van der Waals surface area (Å²) in [6, 6.07) is 4.04. The fraction of sp³-hybridized carbons (Fsp3) is 0.533. The summed E-state index contributed by atoms with van der Waals surface area (Å²) in [6.45, 7) is 4.38. The molecular weight excluding hydrogens is 298 g/mol. The standard InChI is InChI=1S/C15H22F2N2O.ClH/c1-3-15(4-2,10-18)14(20)19-9-8-11-6-5-7-12(16)13(11)17;/h5-7H,3-4,8-10,18H2,1-2H3,(H,19,20);1H. The summed E-state index contributed by atoms with van der Waals surface area (Å²) in [5.41, 5.74) is 5.38. The molecule has 120 valence electrons. The normalized spacial score (nSPS) is 10.9. The van der Waals surface area contributed by atoms with E-state index >= 15 is 0 Å². The molecule has 0 atom stereocenters. The largest absolute Gasteiger partial charge is 0.355 e. The molecule has 0 radical (unpaired) electrons. The van der Waals surface area contributed by atoms with Gasteiger partial charge in [-0.3, -0.25) is 4.79 Å². The van der Waals surface area contributed by atoms with Crippen molar-refractivity contribution in [3.05, 3.63) is 35.4 Å². The van der Waals surface area contributed by atoms with Crippen molar-refractivity contribution in [2.45, 2.75) is 33.1 Å². The van der Waals surface area contributed by atoms with E-state index in [0.29, 0.717) is 12.8 Å². The zero-order valence-corrected chi connectivity index (χ0v) is 13.2. The molecule has 0 unspecified atom stereocenters. The number of halogens is 3. The Labute approximate surface area is 130 Å². The Morgan fingerprint density at radius 3 is 2.43 bits per heavy atom. The van der Waals surface area contributed by atoms with Gasteiger partial charge in [0.05, 0.1) is 5.41 Å². The molecule has 3 nitrogen and oxygen atoms in total. The number of rotatable bonds is 7. The van der Waals surface area contributed by atoms with Crippen molar-refractivity contribution < 1.29 is 13.6 Å². The van der Waals surface area contributed by atoms with E-state index in [9.17, 15) is 13.6 Å². The minimum atomic E-state index is -0.868. The molecule has 0 aliphatic rings. The van der Waals surface area contributed by atoms with Crippen molar-refractivity contribution in [1.82, 2.24) is 5.32 Å². The zero-order valence-electron chi connectivity index (χ0n) is 12.4. The van der Waals surface area contributed by atoms with Crippen molar-refractivity contribution in [3.8, 4) is 0 Å². The van der Waals surface area contributed by atoms with Crippen LogP contribution < -0.4 is 11.1 Å². The van der Waals surface area contributed by atoms with E-state index in [1.165, 1.54) is 12.1 Å². The first kappa shape index (κ1) is 19.8. The van der Waals surface area contributed by atoms with Gasteiger partial charge < -0.3 is 11.1 Å². The third-order valence-electron chi connectivity index (χ3n) is 3.94. The van der Waals surface area contributed by atoms with Crippen LogP contribution in [0, 0.1) is 17.0 Å². The molecule has 0 saturated heterocycles. The number of hydrogen-bond donors (Lipinski definition) is 2. The Morgan fingerprint density at radius 1 is 1.29 bits per heavy atom. The van der Waals surface area contributed by atoms with Gasteiger partial charge in [0.15, 0.2) is 11.6 Å². The van der Waals surface area contributed by atoms with Crippen LogP contribution in [0.5, 0.6) is 0 Å². The van der Waals surface area contributed by atoms with Crippen LogP contribution in [0.2, 0.25) is 0 Å². The van der Waals surface area contributed by atoms with E-state index in [-0.39, 0.29) is 43.4 Å². The molecule has 0 aliphatic carbocycles. The monoisotopic (exact) mass is 320 g/mol. The topological polar surface area (TPSA) is 55.1 Å².